The van der Waals surface area contributed by atoms with E-state index in [2.05, 4.69) is 41.5 Å². The van der Waals surface area contributed by atoms with Gasteiger partial charge in [0, 0.05) is 25.7 Å². The summed E-state index contributed by atoms with van der Waals surface area (Å²) in [6, 6.07) is 0. The third-order valence-corrected chi connectivity index (χ3v) is 21.3. The van der Waals surface area contributed by atoms with Crippen LogP contribution in [-0.2, 0) is 65.4 Å². The van der Waals surface area contributed by atoms with E-state index in [0.717, 1.165) is 108 Å². The molecule has 0 aliphatic carbocycles. The van der Waals surface area contributed by atoms with Gasteiger partial charge in [-0.3, -0.25) is 37.3 Å². The van der Waals surface area contributed by atoms with Crippen molar-refractivity contribution in [1.29, 1.82) is 0 Å². The van der Waals surface area contributed by atoms with Crippen LogP contribution >= 0.6 is 15.6 Å². The molecule has 0 saturated heterocycles. The molecule has 19 heteroatoms. The van der Waals surface area contributed by atoms with Crippen LogP contribution in [0.1, 0.15) is 420 Å². The van der Waals surface area contributed by atoms with Crippen molar-refractivity contribution in [3.8, 4) is 0 Å². The predicted octanol–water partition coefficient (Wildman–Crippen LogP) is 23.9. The minimum atomic E-state index is -4.96. The minimum absolute atomic E-state index is 0.102. The summed E-state index contributed by atoms with van der Waals surface area (Å²) < 4.78 is 68.6. The molecule has 588 valence electrons. The fourth-order valence-electron chi connectivity index (χ4n) is 12.3. The Morgan fingerprint density at radius 1 is 0.283 bits per heavy atom. The van der Waals surface area contributed by atoms with E-state index in [-0.39, 0.29) is 25.7 Å². The van der Waals surface area contributed by atoms with Crippen LogP contribution in [0.2, 0.25) is 0 Å². The monoisotopic (exact) mass is 1450 g/mol. The summed E-state index contributed by atoms with van der Waals surface area (Å²) in [4.78, 5) is 72.9. The van der Waals surface area contributed by atoms with Crippen LogP contribution in [0.15, 0.2) is 0 Å². The van der Waals surface area contributed by atoms with Crippen LogP contribution in [0.3, 0.4) is 0 Å². The molecule has 0 saturated carbocycles. The van der Waals surface area contributed by atoms with Crippen LogP contribution in [0, 0.1) is 11.8 Å². The summed E-state index contributed by atoms with van der Waals surface area (Å²) in [5.74, 6) is -0.665. The SMILES string of the molecule is CCCCCCCCCCCCCCCCCCCCCCCC(=O)O[C@H](COC(=O)CCCCCCCCCCCCCCCCCCCC)COP(=O)(O)OC[C@@H](O)COP(=O)(O)OC[C@@H](COC(=O)CCCCCCCCC(C)CC)OC(=O)CCCCCCCCC(C)CC. The Morgan fingerprint density at radius 3 is 0.717 bits per heavy atom. The third kappa shape index (κ3) is 71.5. The summed E-state index contributed by atoms with van der Waals surface area (Å²) in [6.07, 6.45) is 61.4. The van der Waals surface area contributed by atoms with Gasteiger partial charge < -0.3 is 33.8 Å². The van der Waals surface area contributed by atoms with Gasteiger partial charge in [-0.2, -0.15) is 0 Å². The molecule has 0 radical (unpaired) electrons. The molecule has 0 aromatic carbocycles. The fraction of sp³-hybridized carbons (Fsp3) is 0.950. The van der Waals surface area contributed by atoms with Crippen LogP contribution in [0.5, 0.6) is 0 Å². The Morgan fingerprint density at radius 2 is 0.485 bits per heavy atom. The van der Waals surface area contributed by atoms with E-state index >= 15 is 0 Å². The minimum Gasteiger partial charge on any atom is -0.462 e. The molecule has 0 rings (SSSR count). The van der Waals surface area contributed by atoms with Gasteiger partial charge in [0.15, 0.2) is 12.2 Å². The summed E-state index contributed by atoms with van der Waals surface area (Å²) in [6.45, 7) is 9.53. The Labute approximate surface area is 607 Å². The summed E-state index contributed by atoms with van der Waals surface area (Å²) >= 11 is 0. The highest BCUT2D eigenvalue weighted by Crippen LogP contribution is 2.45. The first-order valence-electron chi connectivity index (χ1n) is 41.6. The van der Waals surface area contributed by atoms with Crippen molar-refractivity contribution in [3.05, 3.63) is 0 Å². The molecule has 7 atom stereocenters. The number of aliphatic hydroxyl groups excluding tert-OH is 1. The quantitative estimate of drug-likeness (QED) is 0.0222. The molecule has 99 heavy (non-hydrogen) atoms. The van der Waals surface area contributed by atoms with Crippen molar-refractivity contribution >= 4 is 39.5 Å². The first kappa shape index (κ1) is 97.1. The van der Waals surface area contributed by atoms with Crippen molar-refractivity contribution in [2.75, 3.05) is 39.6 Å². The number of aliphatic hydroxyl groups is 1. The number of carbonyl (C=O) groups excluding carboxylic acids is 4. The molecular formula is C80H156O17P2. The van der Waals surface area contributed by atoms with E-state index in [0.29, 0.717) is 25.7 Å². The van der Waals surface area contributed by atoms with E-state index in [1.54, 1.807) is 0 Å². The Hall–Kier alpha value is -1.94. The van der Waals surface area contributed by atoms with Crippen LogP contribution in [-0.4, -0.2) is 96.7 Å². The predicted molar refractivity (Wildman–Crippen MR) is 405 cm³/mol. The van der Waals surface area contributed by atoms with Gasteiger partial charge in [-0.15, -0.1) is 0 Å². The molecule has 0 spiro atoms. The largest absolute Gasteiger partial charge is 0.472 e. The maximum atomic E-state index is 13.1. The second-order valence-electron chi connectivity index (χ2n) is 29.3. The van der Waals surface area contributed by atoms with E-state index in [4.69, 9.17) is 37.0 Å². The highest BCUT2D eigenvalue weighted by atomic mass is 31.2. The number of carbonyl (C=O) groups is 4. The number of phosphoric ester groups is 2. The van der Waals surface area contributed by atoms with Crippen LogP contribution in [0.4, 0.5) is 0 Å². The highest BCUT2D eigenvalue weighted by Gasteiger charge is 2.30. The van der Waals surface area contributed by atoms with Gasteiger partial charge in [0.25, 0.3) is 0 Å². The smallest absolute Gasteiger partial charge is 0.462 e. The zero-order valence-corrected chi connectivity index (χ0v) is 66.6. The number of esters is 4. The Bertz CT molecular complexity index is 1910. The maximum absolute atomic E-state index is 13.1. The van der Waals surface area contributed by atoms with Gasteiger partial charge in [0.1, 0.15) is 19.3 Å². The standard InChI is InChI=1S/C80H156O17P2/c1-7-11-13-15-17-19-21-23-25-27-29-30-31-33-35-37-39-41-43-52-58-64-79(84)96-75(68-90-77(82)62-56-50-42-40-38-36-34-32-28-26-24-22-20-18-16-14-12-8-2)70-94-98(86,87)92-66-74(81)67-93-99(88,89)95-71-76(97-80(85)65-59-53-47-45-49-55-61-73(6)10-4)69-91-78(83)63-57-51-46-44-48-54-60-72(5)9-3/h72-76,81H,7-71H2,1-6H3,(H,86,87)(H,88,89)/t72?,73?,74-,75-,76-/m1/s1. The van der Waals surface area contributed by atoms with Gasteiger partial charge in [-0.05, 0) is 37.5 Å². The normalized spacial score (nSPS) is 14.5. The zero-order valence-electron chi connectivity index (χ0n) is 64.8. The number of rotatable bonds is 79. The number of hydrogen-bond donors (Lipinski definition) is 3. The maximum Gasteiger partial charge on any atom is 0.472 e. The number of phosphoric acid groups is 2. The molecule has 0 bridgehead atoms. The van der Waals surface area contributed by atoms with Crippen LogP contribution in [0.25, 0.3) is 0 Å². The molecule has 0 aromatic rings. The average molecular weight is 1450 g/mol. The lowest BCUT2D eigenvalue weighted by molar-refractivity contribution is -0.161. The molecule has 17 nitrogen and oxygen atoms in total. The molecule has 0 heterocycles. The first-order chi connectivity index (χ1) is 47.9. The summed E-state index contributed by atoms with van der Waals surface area (Å²) in [7, 11) is -9.92. The van der Waals surface area contributed by atoms with E-state index in [9.17, 15) is 43.2 Å². The molecule has 0 aliphatic heterocycles. The van der Waals surface area contributed by atoms with Crippen molar-refractivity contribution in [2.45, 2.75) is 439 Å². The van der Waals surface area contributed by atoms with Gasteiger partial charge in [-0.25, -0.2) is 9.13 Å². The lowest BCUT2D eigenvalue weighted by Gasteiger charge is -2.21. The second kappa shape index (κ2) is 71.7. The zero-order chi connectivity index (χ0) is 72.8. The Kier molecular flexibility index (Phi) is 70.3. The van der Waals surface area contributed by atoms with Gasteiger partial charge in [0.05, 0.1) is 26.4 Å². The third-order valence-electron chi connectivity index (χ3n) is 19.4. The highest BCUT2D eigenvalue weighted by molar-refractivity contribution is 7.47. The van der Waals surface area contributed by atoms with Gasteiger partial charge in [-0.1, -0.05) is 369 Å². The lowest BCUT2D eigenvalue weighted by Crippen LogP contribution is -2.30. The van der Waals surface area contributed by atoms with Crippen molar-refractivity contribution < 1.29 is 80.2 Å². The number of ether oxygens (including phenoxy) is 4. The average Bonchev–Trinajstić information content (AvgIpc) is 0.981. The van der Waals surface area contributed by atoms with Crippen LogP contribution < -0.4 is 0 Å². The number of hydrogen-bond acceptors (Lipinski definition) is 15. The molecule has 3 N–H and O–H groups in total. The van der Waals surface area contributed by atoms with Gasteiger partial charge >= 0.3 is 39.5 Å². The molecule has 4 unspecified atom stereocenters. The Balaban J connectivity index is 5.20. The molecule has 0 amide bonds. The fourth-order valence-corrected chi connectivity index (χ4v) is 13.9. The van der Waals surface area contributed by atoms with Crippen molar-refractivity contribution in [3.63, 3.8) is 0 Å². The lowest BCUT2D eigenvalue weighted by atomic mass is 10.00. The van der Waals surface area contributed by atoms with E-state index < -0.39 is 97.5 Å². The molecule has 0 aliphatic rings. The molecule has 0 aromatic heterocycles. The first-order valence-corrected chi connectivity index (χ1v) is 44.6. The van der Waals surface area contributed by atoms with Crippen molar-refractivity contribution in [1.82, 2.24) is 0 Å². The summed E-state index contributed by atoms with van der Waals surface area (Å²) in [5.41, 5.74) is 0. The van der Waals surface area contributed by atoms with E-state index in [1.165, 1.54) is 231 Å². The molecular weight excluding hydrogens is 1290 g/mol. The second-order valence-corrected chi connectivity index (χ2v) is 32.2. The molecule has 0 fully saturated rings. The summed E-state index contributed by atoms with van der Waals surface area (Å²) in [5, 5.41) is 10.6. The van der Waals surface area contributed by atoms with Crippen molar-refractivity contribution in [2.24, 2.45) is 11.8 Å². The number of unbranched alkanes of at least 4 members (excludes halogenated alkanes) is 47. The van der Waals surface area contributed by atoms with Gasteiger partial charge in [0.2, 0.25) is 0 Å². The topological polar surface area (TPSA) is 237 Å². The van der Waals surface area contributed by atoms with E-state index in [1.807, 2.05) is 0 Å².